The molecule has 0 unspecified atom stereocenters. The van der Waals surface area contributed by atoms with Gasteiger partial charge in [-0.05, 0) is 76.6 Å². The largest absolute Gasteiger partial charge is 0.367 e. The molecule has 0 radical (unpaired) electrons. The highest BCUT2D eigenvalue weighted by Crippen LogP contribution is 2.29. The quantitative estimate of drug-likeness (QED) is 0.687. The van der Waals surface area contributed by atoms with Crippen LogP contribution in [0.2, 0.25) is 0 Å². The molecule has 1 amide bonds. The van der Waals surface area contributed by atoms with Crippen LogP contribution >= 0.6 is 0 Å². The minimum absolute atomic E-state index is 0.130. The number of anilines is 1. The summed E-state index contributed by atoms with van der Waals surface area (Å²) >= 11 is 0. The molecule has 4 rings (SSSR count). The number of Topliss-reactive ketones (excluding diaryl/α,β-unsaturated/α-hetero) is 1. The molecule has 3 aliphatic rings. The Labute approximate surface area is 197 Å². The molecule has 6 nitrogen and oxygen atoms in total. The summed E-state index contributed by atoms with van der Waals surface area (Å²) in [4.78, 5) is 33.0. The van der Waals surface area contributed by atoms with E-state index in [2.05, 4.69) is 45.7 Å². The number of ketones is 1. The average molecular weight is 449 g/mol. The molecule has 6 heteroatoms. The molecule has 176 valence electrons. The van der Waals surface area contributed by atoms with Gasteiger partial charge in [-0.3, -0.25) is 14.6 Å². The first-order chi connectivity index (χ1) is 16.1. The predicted molar refractivity (Wildman–Crippen MR) is 133 cm³/mol. The van der Waals surface area contributed by atoms with Crippen molar-refractivity contribution in [1.82, 2.24) is 15.6 Å². The molecule has 1 fully saturated rings. The van der Waals surface area contributed by atoms with Crippen LogP contribution in [0.3, 0.4) is 0 Å². The van der Waals surface area contributed by atoms with Gasteiger partial charge in [0.15, 0.2) is 5.78 Å². The fourth-order valence-electron chi connectivity index (χ4n) is 5.28. The van der Waals surface area contributed by atoms with E-state index in [-0.39, 0.29) is 18.2 Å². The second-order valence-electron chi connectivity index (χ2n) is 9.30. The molecule has 1 saturated heterocycles. The van der Waals surface area contributed by atoms with Gasteiger partial charge in [0, 0.05) is 37.3 Å². The van der Waals surface area contributed by atoms with Crippen LogP contribution in [-0.4, -0.2) is 48.9 Å². The predicted octanol–water partition coefficient (Wildman–Crippen LogP) is 3.89. The number of nitrogens with one attached hydrogen (secondary N) is 2. The van der Waals surface area contributed by atoms with Crippen LogP contribution < -0.4 is 15.5 Å². The normalized spacial score (nSPS) is 20.6. The van der Waals surface area contributed by atoms with Crippen molar-refractivity contribution < 1.29 is 9.59 Å². The van der Waals surface area contributed by atoms with Gasteiger partial charge in [0.2, 0.25) is 0 Å². The lowest BCUT2D eigenvalue weighted by atomic mass is 9.89. The van der Waals surface area contributed by atoms with Crippen LogP contribution in [0.1, 0.15) is 68.3 Å². The monoisotopic (exact) mass is 448 g/mol. The van der Waals surface area contributed by atoms with Gasteiger partial charge < -0.3 is 15.5 Å². The molecular formula is C27H36N4O2. The smallest absolute Gasteiger partial charge is 0.253 e. The number of hydrogen-bond acceptors (Lipinski definition) is 5. The molecule has 1 aromatic heterocycles. The van der Waals surface area contributed by atoms with Gasteiger partial charge in [-0.1, -0.05) is 23.8 Å². The van der Waals surface area contributed by atoms with Gasteiger partial charge in [0.1, 0.15) is 0 Å². The second-order valence-corrected chi connectivity index (χ2v) is 9.30. The van der Waals surface area contributed by atoms with E-state index in [1.54, 1.807) is 6.20 Å². The SMILES string of the molecule is CCN(c1cncc2c1CC=CCCCC1=C(CNC2=O)C(=O)CC(C)=C1)C1CCNCC1. The number of pyridine rings is 1. The number of rotatable bonds is 3. The van der Waals surface area contributed by atoms with Crippen molar-refractivity contribution >= 4 is 17.4 Å². The van der Waals surface area contributed by atoms with E-state index in [9.17, 15) is 9.59 Å². The number of fused-ring (bicyclic) bond motifs is 1. The Morgan fingerprint density at radius 1 is 1.15 bits per heavy atom. The Bertz CT molecular complexity index is 986. The number of carbonyl (C=O) groups is 2. The molecule has 3 heterocycles. The van der Waals surface area contributed by atoms with E-state index in [1.807, 2.05) is 13.1 Å². The Kier molecular flexibility index (Phi) is 7.76. The Hall–Kier alpha value is -2.73. The Balaban J connectivity index is 1.68. The first-order valence-electron chi connectivity index (χ1n) is 12.4. The molecular weight excluding hydrogens is 412 g/mol. The summed E-state index contributed by atoms with van der Waals surface area (Å²) in [5, 5.41) is 6.49. The summed E-state index contributed by atoms with van der Waals surface area (Å²) in [6.07, 6.45) is 16.3. The summed E-state index contributed by atoms with van der Waals surface area (Å²) in [6.45, 7) is 7.37. The van der Waals surface area contributed by atoms with Crippen LogP contribution in [0.15, 0.2) is 47.3 Å². The molecule has 0 spiro atoms. The molecule has 2 aliphatic heterocycles. The standard InChI is InChI=1S/C27H36N4O2/c1-3-31(21-10-12-28-13-11-21)25-18-29-16-24-22(25)9-7-5-4-6-8-20-14-19(2)15-26(32)23(20)17-30-27(24)33/h5,7,14,16,18,21,28H,3-4,6,8-13,15,17H2,1-2H3,(H,30,33). The number of allylic oxidation sites excluding steroid dienone is 5. The summed E-state index contributed by atoms with van der Waals surface area (Å²) in [5.74, 6) is -0.0230. The van der Waals surface area contributed by atoms with Crippen molar-refractivity contribution in [3.8, 4) is 0 Å². The minimum Gasteiger partial charge on any atom is -0.367 e. The zero-order valence-electron chi connectivity index (χ0n) is 20.0. The number of hydrogen-bond donors (Lipinski definition) is 2. The maximum Gasteiger partial charge on any atom is 0.253 e. The molecule has 33 heavy (non-hydrogen) atoms. The van der Waals surface area contributed by atoms with Crippen LogP contribution in [-0.2, 0) is 11.2 Å². The molecule has 0 atom stereocenters. The highest BCUT2D eigenvalue weighted by molar-refractivity contribution is 6.02. The zero-order valence-corrected chi connectivity index (χ0v) is 20.0. The van der Waals surface area contributed by atoms with Crippen LogP contribution in [0.25, 0.3) is 0 Å². The van der Waals surface area contributed by atoms with Crippen LogP contribution in [0.4, 0.5) is 5.69 Å². The average Bonchev–Trinajstić information content (AvgIpc) is 2.83. The molecule has 1 aliphatic carbocycles. The van der Waals surface area contributed by atoms with Crippen LogP contribution in [0.5, 0.6) is 0 Å². The highest BCUT2D eigenvalue weighted by Gasteiger charge is 2.26. The zero-order chi connectivity index (χ0) is 23.2. The van der Waals surface area contributed by atoms with Gasteiger partial charge in [-0.2, -0.15) is 0 Å². The second kappa shape index (κ2) is 10.9. The van der Waals surface area contributed by atoms with Gasteiger partial charge in [0.25, 0.3) is 5.91 Å². The fraction of sp³-hybridized carbons (Fsp3) is 0.519. The van der Waals surface area contributed by atoms with Gasteiger partial charge in [0.05, 0.1) is 17.4 Å². The number of piperidine rings is 1. The summed E-state index contributed by atoms with van der Waals surface area (Å²) in [7, 11) is 0. The van der Waals surface area contributed by atoms with E-state index in [4.69, 9.17) is 0 Å². The highest BCUT2D eigenvalue weighted by atomic mass is 16.2. The summed E-state index contributed by atoms with van der Waals surface area (Å²) < 4.78 is 0. The van der Waals surface area contributed by atoms with Crippen molar-refractivity contribution in [3.63, 3.8) is 0 Å². The van der Waals surface area contributed by atoms with Crippen molar-refractivity contribution in [2.75, 3.05) is 31.1 Å². The van der Waals surface area contributed by atoms with Crippen molar-refractivity contribution in [2.24, 2.45) is 0 Å². The molecule has 1 aromatic rings. The topological polar surface area (TPSA) is 74.3 Å². The number of amides is 1. The van der Waals surface area contributed by atoms with Crippen molar-refractivity contribution in [3.05, 3.63) is 58.5 Å². The van der Waals surface area contributed by atoms with Gasteiger partial charge >= 0.3 is 0 Å². The Morgan fingerprint density at radius 2 is 1.97 bits per heavy atom. The van der Waals surface area contributed by atoms with E-state index < -0.39 is 0 Å². The third-order valence-corrected chi connectivity index (χ3v) is 6.99. The third kappa shape index (κ3) is 5.44. The van der Waals surface area contributed by atoms with E-state index in [0.717, 1.165) is 79.7 Å². The Morgan fingerprint density at radius 3 is 2.76 bits per heavy atom. The first kappa shape index (κ1) is 23.4. The lowest BCUT2D eigenvalue weighted by molar-refractivity contribution is -0.115. The van der Waals surface area contributed by atoms with Crippen LogP contribution in [0, 0.1) is 0 Å². The maximum atomic E-state index is 13.3. The number of aromatic nitrogens is 1. The lowest BCUT2D eigenvalue weighted by Crippen LogP contribution is -2.43. The summed E-state index contributed by atoms with van der Waals surface area (Å²) in [5.41, 5.74) is 5.63. The molecule has 2 N–H and O–H groups in total. The maximum absolute atomic E-state index is 13.3. The van der Waals surface area contributed by atoms with E-state index >= 15 is 0 Å². The summed E-state index contributed by atoms with van der Waals surface area (Å²) in [6, 6.07) is 0.448. The van der Waals surface area contributed by atoms with E-state index in [0.29, 0.717) is 24.4 Å². The number of nitrogens with zero attached hydrogens (tertiary/aromatic N) is 2. The van der Waals surface area contributed by atoms with Gasteiger partial charge in [-0.25, -0.2) is 0 Å². The van der Waals surface area contributed by atoms with E-state index in [1.165, 1.54) is 0 Å². The molecule has 0 saturated carbocycles. The molecule has 0 bridgehead atoms. The number of carbonyl (C=O) groups excluding carboxylic acids is 2. The van der Waals surface area contributed by atoms with Crippen molar-refractivity contribution in [1.29, 1.82) is 0 Å². The third-order valence-electron chi connectivity index (χ3n) is 6.99. The lowest BCUT2D eigenvalue weighted by Gasteiger charge is -2.37. The molecule has 0 aromatic carbocycles. The van der Waals surface area contributed by atoms with Crippen molar-refractivity contribution in [2.45, 2.75) is 64.8 Å². The minimum atomic E-state index is -0.153. The van der Waals surface area contributed by atoms with Gasteiger partial charge in [-0.15, -0.1) is 0 Å². The fourth-order valence-corrected chi connectivity index (χ4v) is 5.28. The first-order valence-corrected chi connectivity index (χ1v) is 12.4.